The van der Waals surface area contributed by atoms with E-state index in [4.69, 9.17) is 0 Å². The number of carbonyl (C=O) groups excluding carboxylic acids is 2. The second-order valence-corrected chi connectivity index (χ2v) is 8.04. The summed E-state index contributed by atoms with van der Waals surface area (Å²) >= 11 is 0. The number of piperazine rings is 1. The first-order chi connectivity index (χ1) is 14.1. The predicted molar refractivity (Wildman–Crippen MR) is 116 cm³/mol. The molecule has 0 N–H and O–H groups in total. The number of anilines is 2. The molecule has 29 heavy (non-hydrogen) atoms. The molecule has 2 saturated heterocycles. The zero-order valence-electron chi connectivity index (χ0n) is 17.3. The number of amides is 2. The molecule has 0 aromatic heterocycles. The molecule has 5 heteroatoms. The van der Waals surface area contributed by atoms with E-state index >= 15 is 0 Å². The third-order valence-electron chi connectivity index (χ3n) is 6.10. The van der Waals surface area contributed by atoms with E-state index in [1.165, 1.54) is 11.3 Å². The van der Waals surface area contributed by atoms with Crippen molar-refractivity contribution in [3.8, 4) is 0 Å². The summed E-state index contributed by atoms with van der Waals surface area (Å²) in [4.78, 5) is 31.8. The van der Waals surface area contributed by atoms with Crippen LogP contribution in [-0.2, 0) is 16.0 Å². The molecule has 0 saturated carbocycles. The lowest BCUT2D eigenvalue weighted by atomic mass is 10.1. The Morgan fingerprint density at radius 3 is 2.52 bits per heavy atom. The summed E-state index contributed by atoms with van der Waals surface area (Å²) in [6.45, 7) is 7.77. The maximum atomic E-state index is 13.1. The third kappa shape index (κ3) is 4.00. The fourth-order valence-corrected chi connectivity index (χ4v) is 4.45. The number of nitrogens with zero attached hydrogens (tertiary/aromatic N) is 3. The number of aryl methyl sites for hydroxylation is 2. The topological polar surface area (TPSA) is 43.9 Å². The van der Waals surface area contributed by atoms with Gasteiger partial charge in [-0.25, -0.2) is 0 Å². The van der Waals surface area contributed by atoms with Crippen LogP contribution in [0.1, 0.15) is 24.5 Å². The highest BCUT2D eigenvalue weighted by Crippen LogP contribution is 2.30. The normalized spacial score (nSPS) is 19.7. The Kier molecular flexibility index (Phi) is 5.56. The minimum absolute atomic E-state index is 0.0580. The molecule has 2 amide bonds. The summed E-state index contributed by atoms with van der Waals surface area (Å²) in [7, 11) is 0. The maximum Gasteiger partial charge on any atom is 0.228 e. The first kappa shape index (κ1) is 19.5. The Balaban J connectivity index is 1.39. The van der Waals surface area contributed by atoms with Gasteiger partial charge in [-0.3, -0.25) is 9.59 Å². The van der Waals surface area contributed by atoms with Crippen LogP contribution in [0, 0.1) is 12.8 Å². The van der Waals surface area contributed by atoms with Crippen molar-refractivity contribution >= 4 is 23.2 Å². The number of para-hydroxylation sites is 1. The van der Waals surface area contributed by atoms with E-state index in [1.54, 1.807) is 0 Å². The van der Waals surface area contributed by atoms with Gasteiger partial charge in [0.05, 0.1) is 5.92 Å². The van der Waals surface area contributed by atoms with E-state index in [9.17, 15) is 9.59 Å². The van der Waals surface area contributed by atoms with Crippen molar-refractivity contribution in [2.75, 3.05) is 42.5 Å². The Labute approximate surface area is 172 Å². The molecular formula is C24H29N3O2. The van der Waals surface area contributed by atoms with Gasteiger partial charge in [-0.15, -0.1) is 0 Å². The largest absolute Gasteiger partial charge is 0.368 e. The Bertz CT molecular complexity index is 903. The summed E-state index contributed by atoms with van der Waals surface area (Å²) in [5.74, 6) is -0.0562. The zero-order chi connectivity index (χ0) is 20.4. The molecule has 1 unspecified atom stereocenters. The number of benzene rings is 2. The van der Waals surface area contributed by atoms with Crippen molar-refractivity contribution in [3.63, 3.8) is 0 Å². The minimum Gasteiger partial charge on any atom is -0.368 e. The third-order valence-corrected chi connectivity index (χ3v) is 6.10. The molecular weight excluding hydrogens is 362 g/mol. The smallest absolute Gasteiger partial charge is 0.228 e. The number of hydrogen-bond donors (Lipinski definition) is 0. The van der Waals surface area contributed by atoms with E-state index in [2.05, 4.69) is 49.1 Å². The van der Waals surface area contributed by atoms with Crippen molar-refractivity contribution < 1.29 is 9.59 Å². The first-order valence-electron chi connectivity index (χ1n) is 10.6. The van der Waals surface area contributed by atoms with Gasteiger partial charge in [-0.1, -0.05) is 37.3 Å². The SMILES string of the molecule is CCc1ccccc1N1CC(C(=O)N2CCN(c3cccc(C)c3)CC2)CC1=O. The highest BCUT2D eigenvalue weighted by atomic mass is 16.2. The van der Waals surface area contributed by atoms with Gasteiger partial charge in [0.25, 0.3) is 0 Å². The van der Waals surface area contributed by atoms with Crippen molar-refractivity contribution in [1.29, 1.82) is 0 Å². The van der Waals surface area contributed by atoms with E-state index in [0.29, 0.717) is 26.1 Å². The molecule has 2 aliphatic rings. The van der Waals surface area contributed by atoms with Gasteiger partial charge in [0.1, 0.15) is 0 Å². The molecule has 2 fully saturated rings. The lowest BCUT2D eigenvalue weighted by Gasteiger charge is -2.37. The molecule has 5 nitrogen and oxygen atoms in total. The lowest BCUT2D eigenvalue weighted by molar-refractivity contribution is -0.136. The molecule has 0 radical (unpaired) electrons. The van der Waals surface area contributed by atoms with Gasteiger partial charge >= 0.3 is 0 Å². The minimum atomic E-state index is -0.238. The molecule has 2 aromatic carbocycles. The standard InChI is InChI=1S/C24H29N3O2/c1-3-19-8-4-5-10-22(19)27-17-20(16-23(27)28)24(29)26-13-11-25(12-14-26)21-9-6-7-18(2)15-21/h4-10,15,20H,3,11-14,16-17H2,1-2H3. The second-order valence-electron chi connectivity index (χ2n) is 8.04. The molecule has 2 aliphatic heterocycles. The molecule has 0 bridgehead atoms. The zero-order valence-corrected chi connectivity index (χ0v) is 17.3. The monoisotopic (exact) mass is 391 g/mol. The molecule has 2 heterocycles. The number of carbonyl (C=O) groups is 2. The Morgan fingerprint density at radius 1 is 1.03 bits per heavy atom. The number of rotatable bonds is 4. The average molecular weight is 392 g/mol. The van der Waals surface area contributed by atoms with Crippen molar-refractivity contribution in [1.82, 2.24) is 4.90 Å². The van der Waals surface area contributed by atoms with Crippen LogP contribution in [0.2, 0.25) is 0 Å². The van der Waals surface area contributed by atoms with Crippen molar-refractivity contribution in [2.24, 2.45) is 5.92 Å². The van der Waals surface area contributed by atoms with E-state index in [1.807, 2.05) is 28.0 Å². The van der Waals surface area contributed by atoms with Gasteiger partial charge in [0.2, 0.25) is 11.8 Å². The lowest BCUT2D eigenvalue weighted by Crippen LogP contribution is -2.50. The summed E-state index contributed by atoms with van der Waals surface area (Å²) < 4.78 is 0. The van der Waals surface area contributed by atoms with E-state index < -0.39 is 0 Å². The molecule has 0 spiro atoms. The van der Waals surface area contributed by atoms with Crippen LogP contribution in [-0.4, -0.2) is 49.4 Å². The van der Waals surface area contributed by atoms with Crippen LogP contribution in [0.3, 0.4) is 0 Å². The molecule has 0 aliphatic carbocycles. The van der Waals surface area contributed by atoms with E-state index in [0.717, 1.165) is 30.8 Å². The maximum absolute atomic E-state index is 13.1. The summed E-state index contributed by atoms with van der Waals surface area (Å²) in [5.41, 5.74) is 4.58. The van der Waals surface area contributed by atoms with Gasteiger partial charge in [0, 0.05) is 50.5 Å². The van der Waals surface area contributed by atoms with Gasteiger partial charge < -0.3 is 14.7 Å². The second kappa shape index (κ2) is 8.27. The van der Waals surface area contributed by atoms with Gasteiger partial charge in [0.15, 0.2) is 0 Å². The molecule has 2 aromatic rings. The van der Waals surface area contributed by atoms with Crippen molar-refractivity contribution in [2.45, 2.75) is 26.7 Å². The first-order valence-corrected chi connectivity index (χ1v) is 10.6. The Hall–Kier alpha value is -2.82. The highest BCUT2D eigenvalue weighted by Gasteiger charge is 2.38. The predicted octanol–water partition coefficient (Wildman–Crippen LogP) is 3.26. The number of hydrogen-bond acceptors (Lipinski definition) is 3. The van der Waals surface area contributed by atoms with Crippen LogP contribution < -0.4 is 9.80 Å². The van der Waals surface area contributed by atoms with Gasteiger partial charge in [-0.05, 0) is 42.7 Å². The highest BCUT2D eigenvalue weighted by molar-refractivity contribution is 6.00. The summed E-state index contributed by atoms with van der Waals surface area (Å²) in [5, 5.41) is 0. The average Bonchev–Trinajstić information content (AvgIpc) is 3.14. The summed E-state index contributed by atoms with van der Waals surface area (Å²) in [6, 6.07) is 16.5. The molecule has 4 rings (SSSR count). The van der Waals surface area contributed by atoms with Crippen LogP contribution in [0.25, 0.3) is 0 Å². The quantitative estimate of drug-likeness (QED) is 0.804. The fraction of sp³-hybridized carbons (Fsp3) is 0.417. The van der Waals surface area contributed by atoms with Crippen LogP contribution >= 0.6 is 0 Å². The Morgan fingerprint density at radius 2 is 1.79 bits per heavy atom. The van der Waals surface area contributed by atoms with E-state index in [-0.39, 0.29) is 17.7 Å². The van der Waals surface area contributed by atoms with Crippen LogP contribution in [0.15, 0.2) is 48.5 Å². The van der Waals surface area contributed by atoms with Crippen LogP contribution in [0.5, 0.6) is 0 Å². The van der Waals surface area contributed by atoms with Crippen LogP contribution in [0.4, 0.5) is 11.4 Å². The van der Waals surface area contributed by atoms with Crippen molar-refractivity contribution in [3.05, 3.63) is 59.7 Å². The molecule has 152 valence electrons. The fourth-order valence-electron chi connectivity index (χ4n) is 4.45. The van der Waals surface area contributed by atoms with Gasteiger partial charge in [-0.2, -0.15) is 0 Å². The molecule has 1 atom stereocenters. The summed E-state index contributed by atoms with van der Waals surface area (Å²) in [6.07, 6.45) is 1.19.